The maximum absolute atomic E-state index is 11.8. The molecule has 1 unspecified atom stereocenters. The van der Waals surface area contributed by atoms with Crippen LogP contribution in [0.2, 0.25) is 0 Å². The van der Waals surface area contributed by atoms with Crippen LogP contribution >= 0.6 is 0 Å². The fourth-order valence-corrected chi connectivity index (χ4v) is 1.92. The van der Waals surface area contributed by atoms with E-state index in [0.29, 0.717) is 6.54 Å². The summed E-state index contributed by atoms with van der Waals surface area (Å²) in [5.41, 5.74) is 0. The average Bonchev–Trinajstić information content (AvgIpc) is 2.59. The van der Waals surface area contributed by atoms with E-state index in [9.17, 15) is 13.2 Å². The average molecular weight is 224 g/mol. The van der Waals surface area contributed by atoms with Crippen molar-refractivity contribution in [1.82, 2.24) is 10.2 Å². The molecule has 0 amide bonds. The lowest BCUT2D eigenvalue weighted by Crippen LogP contribution is -2.35. The van der Waals surface area contributed by atoms with E-state index in [0.717, 1.165) is 25.6 Å². The van der Waals surface area contributed by atoms with Crippen LogP contribution in [0.4, 0.5) is 13.2 Å². The van der Waals surface area contributed by atoms with Gasteiger partial charge in [-0.15, -0.1) is 0 Å². The minimum Gasteiger partial charge on any atom is -0.307 e. The third-order valence-corrected chi connectivity index (χ3v) is 2.88. The molecule has 15 heavy (non-hydrogen) atoms. The monoisotopic (exact) mass is 224 g/mol. The summed E-state index contributed by atoms with van der Waals surface area (Å²) < 4.78 is 35.4. The summed E-state index contributed by atoms with van der Waals surface area (Å²) in [6.07, 6.45) is -1.72. The third kappa shape index (κ3) is 5.37. The number of likely N-dealkylation sites (tertiary alicyclic amines) is 1. The van der Waals surface area contributed by atoms with E-state index in [1.165, 1.54) is 12.8 Å². The van der Waals surface area contributed by atoms with Crippen molar-refractivity contribution in [1.29, 1.82) is 0 Å². The molecule has 1 aliphatic rings. The van der Waals surface area contributed by atoms with Gasteiger partial charge in [-0.3, -0.25) is 0 Å². The fourth-order valence-electron chi connectivity index (χ4n) is 1.92. The zero-order valence-electron chi connectivity index (χ0n) is 9.11. The Morgan fingerprint density at radius 3 is 2.67 bits per heavy atom. The Balaban J connectivity index is 2.02. The van der Waals surface area contributed by atoms with Crippen molar-refractivity contribution < 1.29 is 13.2 Å². The van der Waals surface area contributed by atoms with Crippen LogP contribution in [-0.4, -0.2) is 43.8 Å². The maximum atomic E-state index is 11.8. The molecule has 2 nitrogen and oxygen atoms in total. The number of hydrogen-bond donors (Lipinski definition) is 1. The summed E-state index contributed by atoms with van der Waals surface area (Å²) in [4.78, 5) is 2.23. The molecule has 1 N–H and O–H groups in total. The van der Waals surface area contributed by atoms with Crippen LogP contribution in [0.25, 0.3) is 0 Å². The summed E-state index contributed by atoms with van der Waals surface area (Å²) in [5, 5.41) is 2.42. The van der Waals surface area contributed by atoms with Gasteiger partial charge >= 0.3 is 6.18 Å². The van der Waals surface area contributed by atoms with Gasteiger partial charge in [0.25, 0.3) is 0 Å². The zero-order valence-corrected chi connectivity index (χ0v) is 9.11. The molecule has 0 spiro atoms. The molecule has 1 saturated heterocycles. The number of nitrogens with zero attached hydrogens (tertiary/aromatic N) is 1. The summed E-state index contributed by atoms with van der Waals surface area (Å²) in [5.74, 6) is 0.743. The van der Waals surface area contributed by atoms with E-state index in [1.54, 1.807) is 0 Å². The molecule has 0 aliphatic carbocycles. The molecule has 90 valence electrons. The van der Waals surface area contributed by atoms with Crippen LogP contribution < -0.4 is 5.32 Å². The summed E-state index contributed by atoms with van der Waals surface area (Å²) in [6.45, 7) is 4.52. The van der Waals surface area contributed by atoms with E-state index in [2.05, 4.69) is 17.1 Å². The molecule has 0 radical (unpaired) electrons. The van der Waals surface area contributed by atoms with Crippen LogP contribution in [0.3, 0.4) is 0 Å². The van der Waals surface area contributed by atoms with Gasteiger partial charge in [0.15, 0.2) is 0 Å². The van der Waals surface area contributed by atoms with Crippen molar-refractivity contribution in [2.45, 2.75) is 25.9 Å². The van der Waals surface area contributed by atoms with E-state index >= 15 is 0 Å². The normalized spacial score (nSPS) is 23.6. The Kier molecular flexibility index (Phi) is 4.86. The molecule has 0 aromatic rings. The van der Waals surface area contributed by atoms with Crippen molar-refractivity contribution in [2.75, 3.05) is 32.7 Å². The SMILES string of the molecule is CCC1CCN(CCNCC(F)(F)F)C1. The Labute approximate surface area is 88.8 Å². The lowest BCUT2D eigenvalue weighted by Gasteiger charge is -2.16. The second kappa shape index (κ2) is 5.70. The Morgan fingerprint density at radius 2 is 2.13 bits per heavy atom. The zero-order chi connectivity index (χ0) is 11.3. The standard InChI is InChI=1S/C10H19F3N2/c1-2-9-3-5-15(7-9)6-4-14-8-10(11,12)13/h9,14H,2-8H2,1H3. The van der Waals surface area contributed by atoms with Crippen LogP contribution in [0.5, 0.6) is 0 Å². The minimum absolute atomic E-state index is 0.427. The first kappa shape index (κ1) is 12.8. The summed E-state index contributed by atoms with van der Waals surface area (Å²) >= 11 is 0. The smallest absolute Gasteiger partial charge is 0.307 e. The van der Waals surface area contributed by atoms with Gasteiger partial charge in [0, 0.05) is 19.6 Å². The Morgan fingerprint density at radius 1 is 1.40 bits per heavy atom. The number of rotatable bonds is 5. The van der Waals surface area contributed by atoms with E-state index < -0.39 is 12.7 Å². The first-order chi connectivity index (χ1) is 7.01. The van der Waals surface area contributed by atoms with E-state index in [4.69, 9.17) is 0 Å². The van der Waals surface area contributed by atoms with Gasteiger partial charge in [-0.25, -0.2) is 0 Å². The highest BCUT2D eigenvalue weighted by Crippen LogP contribution is 2.18. The summed E-state index contributed by atoms with van der Waals surface area (Å²) in [6, 6.07) is 0. The maximum Gasteiger partial charge on any atom is 0.401 e. The van der Waals surface area contributed by atoms with Crippen LogP contribution in [0, 0.1) is 5.92 Å². The molecule has 1 atom stereocenters. The lowest BCUT2D eigenvalue weighted by atomic mass is 10.1. The molecule has 0 aromatic heterocycles. The highest BCUT2D eigenvalue weighted by Gasteiger charge is 2.26. The predicted octanol–water partition coefficient (Wildman–Crippen LogP) is 1.87. The predicted molar refractivity (Wildman–Crippen MR) is 53.8 cm³/mol. The number of nitrogens with one attached hydrogen (secondary N) is 1. The molecular formula is C10H19F3N2. The molecule has 1 fully saturated rings. The fraction of sp³-hybridized carbons (Fsp3) is 1.00. The van der Waals surface area contributed by atoms with Crippen molar-refractivity contribution >= 4 is 0 Å². The highest BCUT2D eigenvalue weighted by molar-refractivity contribution is 4.74. The largest absolute Gasteiger partial charge is 0.401 e. The molecule has 0 bridgehead atoms. The van der Waals surface area contributed by atoms with Gasteiger partial charge < -0.3 is 10.2 Å². The lowest BCUT2D eigenvalue weighted by molar-refractivity contribution is -0.124. The topological polar surface area (TPSA) is 15.3 Å². The molecule has 0 saturated carbocycles. The molecule has 1 rings (SSSR count). The van der Waals surface area contributed by atoms with E-state index in [-0.39, 0.29) is 0 Å². The van der Waals surface area contributed by atoms with Gasteiger partial charge in [0.2, 0.25) is 0 Å². The number of alkyl halides is 3. The molecular weight excluding hydrogens is 205 g/mol. The molecule has 1 heterocycles. The summed E-state index contributed by atoms with van der Waals surface area (Å²) in [7, 11) is 0. The second-order valence-electron chi connectivity index (χ2n) is 4.16. The van der Waals surface area contributed by atoms with Crippen molar-refractivity contribution in [3.8, 4) is 0 Å². The van der Waals surface area contributed by atoms with Gasteiger partial charge in [-0.05, 0) is 18.9 Å². The van der Waals surface area contributed by atoms with Crippen molar-refractivity contribution in [2.24, 2.45) is 5.92 Å². The molecule has 1 aliphatic heterocycles. The molecule has 0 aromatic carbocycles. The minimum atomic E-state index is -4.09. The van der Waals surface area contributed by atoms with Crippen LogP contribution in [-0.2, 0) is 0 Å². The highest BCUT2D eigenvalue weighted by atomic mass is 19.4. The first-order valence-corrected chi connectivity index (χ1v) is 5.51. The van der Waals surface area contributed by atoms with Gasteiger partial charge in [-0.2, -0.15) is 13.2 Å². The third-order valence-electron chi connectivity index (χ3n) is 2.88. The first-order valence-electron chi connectivity index (χ1n) is 5.51. The quantitative estimate of drug-likeness (QED) is 0.717. The number of hydrogen-bond acceptors (Lipinski definition) is 2. The van der Waals surface area contributed by atoms with Crippen molar-refractivity contribution in [3.63, 3.8) is 0 Å². The molecule has 5 heteroatoms. The van der Waals surface area contributed by atoms with E-state index in [1.807, 2.05) is 0 Å². The number of halogens is 3. The Bertz CT molecular complexity index is 182. The van der Waals surface area contributed by atoms with Crippen molar-refractivity contribution in [3.05, 3.63) is 0 Å². The van der Waals surface area contributed by atoms with Gasteiger partial charge in [0.1, 0.15) is 0 Å². The van der Waals surface area contributed by atoms with Gasteiger partial charge in [0.05, 0.1) is 6.54 Å². The van der Waals surface area contributed by atoms with Gasteiger partial charge in [-0.1, -0.05) is 13.3 Å². The second-order valence-corrected chi connectivity index (χ2v) is 4.16. The van der Waals surface area contributed by atoms with Crippen LogP contribution in [0.1, 0.15) is 19.8 Å². The van der Waals surface area contributed by atoms with Crippen LogP contribution in [0.15, 0.2) is 0 Å². The Hall–Kier alpha value is -0.290.